The van der Waals surface area contributed by atoms with Gasteiger partial charge in [0.1, 0.15) is 5.75 Å². The molecule has 0 saturated heterocycles. The molecule has 114 valence electrons. The molecule has 2 N–H and O–H groups in total. The highest BCUT2D eigenvalue weighted by molar-refractivity contribution is 5.30. The second kappa shape index (κ2) is 8.17. The van der Waals surface area contributed by atoms with Gasteiger partial charge in [0.2, 0.25) is 0 Å². The Morgan fingerprint density at radius 2 is 1.95 bits per heavy atom. The minimum absolute atomic E-state index is 0.0349. The van der Waals surface area contributed by atoms with Crippen molar-refractivity contribution in [1.29, 1.82) is 0 Å². The van der Waals surface area contributed by atoms with Crippen LogP contribution in [0, 0.1) is 5.92 Å². The van der Waals surface area contributed by atoms with Crippen LogP contribution in [0.1, 0.15) is 38.8 Å². The molecule has 3 unspecified atom stereocenters. The van der Waals surface area contributed by atoms with Crippen LogP contribution in [0.25, 0.3) is 0 Å². The lowest BCUT2D eigenvalue weighted by atomic mass is 10.0. The van der Waals surface area contributed by atoms with Gasteiger partial charge in [-0.1, -0.05) is 19.1 Å². The molecule has 0 spiro atoms. The van der Waals surface area contributed by atoms with Crippen LogP contribution < -0.4 is 10.1 Å². The lowest BCUT2D eigenvalue weighted by Crippen LogP contribution is -2.26. The Balaban J connectivity index is 2.52. The molecule has 0 radical (unpaired) electrons. The number of ether oxygens (including phenoxy) is 1. The maximum absolute atomic E-state index is 12.2. The smallest absolute Gasteiger partial charge is 0.387 e. The van der Waals surface area contributed by atoms with Crippen LogP contribution in [-0.2, 0) is 0 Å². The fourth-order valence-corrected chi connectivity index (χ4v) is 2.12. The summed E-state index contributed by atoms with van der Waals surface area (Å²) < 4.78 is 28.7. The van der Waals surface area contributed by atoms with Crippen molar-refractivity contribution in [2.75, 3.05) is 6.54 Å². The summed E-state index contributed by atoms with van der Waals surface area (Å²) in [6, 6.07) is 6.73. The van der Waals surface area contributed by atoms with E-state index in [0.717, 1.165) is 18.5 Å². The van der Waals surface area contributed by atoms with Gasteiger partial charge in [-0.05, 0) is 50.4 Å². The monoisotopic (exact) mass is 287 g/mol. The topological polar surface area (TPSA) is 41.5 Å². The average molecular weight is 287 g/mol. The zero-order valence-electron chi connectivity index (χ0n) is 12.1. The summed E-state index contributed by atoms with van der Waals surface area (Å²) in [5.74, 6) is 0.515. The van der Waals surface area contributed by atoms with Crippen molar-refractivity contribution in [3.05, 3.63) is 29.8 Å². The first-order chi connectivity index (χ1) is 9.38. The van der Waals surface area contributed by atoms with Crippen molar-refractivity contribution >= 4 is 0 Å². The molecule has 0 bridgehead atoms. The fraction of sp³-hybridized carbons (Fsp3) is 0.600. The summed E-state index contributed by atoms with van der Waals surface area (Å²) in [7, 11) is 0. The van der Waals surface area contributed by atoms with Crippen LogP contribution in [0.4, 0.5) is 8.78 Å². The first kappa shape index (κ1) is 16.9. The number of aliphatic hydroxyl groups is 1. The molecule has 0 heterocycles. The van der Waals surface area contributed by atoms with E-state index < -0.39 is 6.61 Å². The molecule has 1 rings (SSSR count). The van der Waals surface area contributed by atoms with Crippen molar-refractivity contribution in [2.24, 2.45) is 5.92 Å². The number of nitrogens with one attached hydrogen (secondary N) is 1. The standard InChI is InChI=1S/C15H23F2NO2/c1-10(7-11(2)19)9-18-12(3)13-5-4-6-14(8-13)20-15(16)17/h4-6,8,10-12,15,18-19H,7,9H2,1-3H3. The van der Waals surface area contributed by atoms with E-state index in [1.165, 1.54) is 6.07 Å². The highest BCUT2D eigenvalue weighted by atomic mass is 19.3. The Kier molecular flexibility index (Phi) is 6.88. The molecule has 0 aliphatic heterocycles. The van der Waals surface area contributed by atoms with Gasteiger partial charge in [-0.3, -0.25) is 0 Å². The van der Waals surface area contributed by atoms with Crippen LogP contribution in [0.2, 0.25) is 0 Å². The molecule has 1 aromatic carbocycles. The van der Waals surface area contributed by atoms with Gasteiger partial charge < -0.3 is 15.2 Å². The highest BCUT2D eigenvalue weighted by Crippen LogP contribution is 2.21. The minimum Gasteiger partial charge on any atom is -0.435 e. The van der Waals surface area contributed by atoms with E-state index in [2.05, 4.69) is 17.0 Å². The summed E-state index contributed by atoms with van der Waals surface area (Å²) in [5.41, 5.74) is 0.896. The second-order valence-corrected chi connectivity index (χ2v) is 5.27. The SMILES string of the molecule is CC(O)CC(C)CNC(C)c1cccc(OC(F)F)c1. The maximum Gasteiger partial charge on any atom is 0.387 e. The molecule has 0 amide bonds. The summed E-state index contributed by atoms with van der Waals surface area (Å²) in [6.07, 6.45) is 0.415. The number of halogens is 2. The van der Waals surface area contributed by atoms with E-state index in [-0.39, 0.29) is 17.9 Å². The van der Waals surface area contributed by atoms with Crippen LogP contribution in [-0.4, -0.2) is 24.4 Å². The molecule has 20 heavy (non-hydrogen) atoms. The lowest BCUT2D eigenvalue weighted by Gasteiger charge is -2.19. The van der Waals surface area contributed by atoms with E-state index in [4.69, 9.17) is 0 Å². The molecule has 0 aromatic heterocycles. The van der Waals surface area contributed by atoms with E-state index >= 15 is 0 Å². The summed E-state index contributed by atoms with van der Waals surface area (Å²) in [4.78, 5) is 0. The maximum atomic E-state index is 12.2. The first-order valence-electron chi connectivity index (χ1n) is 6.84. The van der Waals surface area contributed by atoms with Gasteiger partial charge in [0.05, 0.1) is 6.10 Å². The number of hydrogen-bond donors (Lipinski definition) is 2. The van der Waals surface area contributed by atoms with Crippen LogP contribution in [0.3, 0.4) is 0 Å². The van der Waals surface area contributed by atoms with Crippen molar-refractivity contribution in [2.45, 2.75) is 45.9 Å². The highest BCUT2D eigenvalue weighted by Gasteiger charge is 2.11. The van der Waals surface area contributed by atoms with Crippen LogP contribution >= 0.6 is 0 Å². The zero-order valence-corrected chi connectivity index (χ0v) is 12.1. The molecular formula is C15H23F2NO2. The van der Waals surface area contributed by atoms with Crippen molar-refractivity contribution in [3.63, 3.8) is 0 Å². The molecule has 0 fully saturated rings. The molecule has 0 aliphatic rings. The Hall–Kier alpha value is -1.20. The Labute approximate surface area is 119 Å². The summed E-state index contributed by atoms with van der Waals surface area (Å²) >= 11 is 0. The Morgan fingerprint density at radius 3 is 2.55 bits per heavy atom. The van der Waals surface area contributed by atoms with Gasteiger partial charge in [0.25, 0.3) is 0 Å². The van der Waals surface area contributed by atoms with Crippen LogP contribution in [0.5, 0.6) is 5.75 Å². The number of aliphatic hydroxyl groups excluding tert-OH is 1. The molecule has 5 heteroatoms. The van der Waals surface area contributed by atoms with Gasteiger partial charge in [-0.2, -0.15) is 8.78 Å². The predicted molar refractivity (Wildman–Crippen MR) is 75.0 cm³/mol. The molecule has 1 aromatic rings. The third-order valence-corrected chi connectivity index (χ3v) is 3.10. The van der Waals surface area contributed by atoms with Gasteiger partial charge in [-0.25, -0.2) is 0 Å². The number of alkyl halides is 2. The molecule has 0 saturated carbocycles. The van der Waals surface area contributed by atoms with E-state index in [0.29, 0.717) is 5.92 Å². The number of benzene rings is 1. The summed E-state index contributed by atoms with van der Waals surface area (Å²) in [5, 5.41) is 12.6. The van der Waals surface area contributed by atoms with Crippen molar-refractivity contribution < 1.29 is 18.6 Å². The Morgan fingerprint density at radius 1 is 1.25 bits per heavy atom. The molecule has 3 nitrogen and oxygen atoms in total. The quantitative estimate of drug-likeness (QED) is 0.770. The van der Waals surface area contributed by atoms with Gasteiger partial charge >= 0.3 is 6.61 Å². The largest absolute Gasteiger partial charge is 0.435 e. The van der Waals surface area contributed by atoms with Crippen molar-refractivity contribution in [3.8, 4) is 5.75 Å². The normalized spacial score (nSPS) is 15.9. The first-order valence-corrected chi connectivity index (χ1v) is 6.84. The van der Waals surface area contributed by atoms with Crippen LogP contribution in [0.15, 0.2) is 24.3 Å². The van der Waals surface area contributed by atoms with E-state index in [1.54, 1.807) is 19.1 Å². The molecule has 0 aliphatic carbocycles. The second-order valence-electron chi connectivity index (χ2n) is 5.27. The molecule has 3 atom stereocenters. The third-order valence-electron chi connectivity index (χ3n) is 3.10. The third kappa shape index (κ3) is 6.30. The van der Waals surface area contributed by atoms with Crippen molar-refractivity contribution in [1.82, 2.24) is 5.32 Å². The zero-order chi connectivity index (χ0) is 15.1. The minimum atomic E-state index is -2.81. The lowest BCUT2D eigenvalue weighted by molar-refractivity contribution is -0.0499. The number of rotatable bonds is 8. The Bertz CT molecular complexity index is 399. The van der Waals surface area contributed by atoms with Gasteiger partial charge in [0.15, 0.2) is 0 Å². The fourth-order valence-electron chi connectivity index (χ4n) is 2.12. The van der Waals surface area contributed by atoms with Gasteiger partial charge in [0, 0.05) is 6.04 Å². The molecular weight excluding hydrogens is 264 g/mol. The van der Waals surface area contributed by atoms with E-state index in [9.17, 15) is 13.9 Å². The van der Waals surface area contributed by atoms with E-state index in [1.807, 2.05) is 13.0 Å². The number of hydrogen-bond acceptors (Lipinski definition) is 3. The average Bonchev–Trinajstić information content (AvgIpc) is 2.34. The summed E-state index contributed by atoms with van der Waals surface area (Å²) in [6.45, 7) is 3.75. The van der Waals surface area contributed by atoms with Gasteiger partial charge in [-0.15, -0.1) is 0 Å². The predicted octanol–water partition coefficient (Wildman–Crippen LogP) is 3.35.